The van der Waals surface area contributed by atoms with Gasteiger partial charge in [-0.25, -0.2) is 9.99 Å². The number of hydrogen-bond donors (Lipinski definition) is 3. The number of rotatable bonds is 12. The molecule has 5 aliphatic rings. The Morgan fingerprint density at radius 2 is 1.63 bits per heavy atom. The molecule has 4 amide bonds. The molecule has 314 valence electrons. The smallest absolute Gasteiger partial charge is 0.265 e. The first-order valence-corrected chi connectivity index (χ1v) is 21.8. The van der Waals surface area contributed by atoms with Crippen LogP contribution in [0, 0.1) is 11.8 Å². The molecule has 14 nitrogen and oxygen atoms in total. The number of benzene rings is 2. The third-order valence-corrected chi connectivity index (χ3v) is 13.6. The molecule has 3 aromatic rings. The molecule has 59 heavy (non-hydrogen) atoms. The summed E-state index contributed by atoms with van der Waals surface area (Å²) in [5, 5.41) is 7.83. The molecule has 14 heteroatoms. The molecule has 4 aliphatic heterocycles. The minimum Gasteiger partial charge on any atom is -0.495 e. The van der Waals surface area contributed by atoms with Crippen molar-refractivity contribution < 1.29 is 23.9 Å². The lowest BCUT2D eigenvalue weighted by molar-refractivity contribution is -0.134. The summed E-state index contributed by atoms with van der Waals surface area (Å²) in [7, 11) is 3.39. The molecule has 0 radical (unpaired) electrons. The van der Waals surface area contributed by atoms with Crippen molar-refractivity contribution in [3.8, 4) is 5.75 Å². The number of nitrogens with one attached hydrogen (secondary N) is 3. The van der Waals surface area contributed by atoms with E-state index >= 15 is 0 Å². The van der Waals surface area contributed by atoms with E-state index in [1.54, 1.807) is 37.4 Å². The average molecular weight is 806 g/mol. The molecule has 2 aromatic carbocycles. The molecular weight excluding hydrogens is 747 g/mol. The highest BCUT2D eigenvalue weighted by molar-refractivity contribution is 6.04. The standard InChI is InChI=1S/C45H59N9O5/c1-4-37-44(58)51(2)38-28-46-45(49-41(38)54(37)34-7-5-6-8-34)47-36-15-13-33(27-39(36)59-3)42(56)50-53-25-20-31(21-26-53)30-18-23-52(24-19-30)22-17-29-9-11-32(12-10-29)35-14-16-40(55)48-43(35)57/h9-13,15,27-28,30-31,34-35,37H,4-8,14,16-26H2,1-3H3,(H,50,56)(H,46,47,49)(H,48,55,57)/t35?,37-/m1/s1. The number of methoxy groups -OCH3 is 1. The van der Waals surface area contributed by atoms with Crippen molar-refractivity contribution >= 4 is 46.8 Å². The van der Waals surface area contributed by atoms with Gasteiger partial charge in [-0.3, -0.25) is 29.9 Å². The van der Waals surface area contributed by atoms with E-state index in [2.05, 4.69) is 54.9 Å². The number of piperidine rings is 3. The van der Waals surface area contributed by atoms with Crippen molar-refractivity contribution in [2.75, 3.05) is 62.0 Å². The molecule has 2 atom stereocenters. The predicted octanol–water partition coefficient (Wildman–Crippen LogP) is 5.56. The zero-order valence-electron chi connectivity index (χ0n) is 34.8. The van der Waals surface area contributed by atoms with Crippen LogP contribution >= 0.6 is 0 Å². The van der Waals surface area contributed by atoms with Gasteiger partial charge in [0.2, 0.25) is 23.7 Å². The Bertz CT molecular complexity index is 2000. The number of hydrogen-bond acceptors (Lipinski definition) is 11. The minimum atomic E-state index is -0.251. The van der Waals surface area contributed by atoms with E-state index in [1.807, 2.05) is 18.2 Å². The lowest BCUT2D eigenvalue weighted by Crippen LogP contribution is -2.55. The van der Waals surface area contributed by atoms with Gasteiger partial charge in [0, 0.05) is 44.7 Å². The number of likely N-dealkylation sites (tertiary alicyclic amines) is 1. The van der Waals surface area contributed by atoms with Gasteiger partial charge in [-0.1, -0.05) is 44.0 Å². The summed E-state index contributed by atoms with van der Waals surface area (Å²) in [5.41, 5.74) is 7.27. The SMILES string of the molecule is CC[C@@H]1C(=O)N(C)c2cnc(Nc3ccc(C(=O)NN4CCC(C5CCN(CCc6ccc(C7CCC(=O)NC7=O)cc6)CC5)CC4)cc3OC)nc2N1C1CCCC1. The van der Waals surface area contributed by atoms with Crippen molar-refractivity contribution in [3.63, 3.8) is 0 Å². The van der Waals surface area contributed by atoms with Gasteiger partial charge in [-0.15, -0.1) is 0 Å². The fourth-order valence-electron chi connectivity index (χ4n) is 10.1. The highest BCUT2D eigenvalue weighted by atomic mass is 16.5. The monoisotopic (exact) mass is 805 g/mol. The normalized spacial score (nSPS) is 22.7. The Kier molecular flexibility index (Phi) is 12.4. The summed E-state index contributed by atoms with van der Waals surface area (Å²) in [4.78, 5) is 66.5. The summed E-state index contributed by atoms with van der Waals surface area (Å²) < 4.78 is 5.74. The second-order valence-corrected chi connectivity index (χ2v) is 17.0. The van der Waals surface area contributed by atoms with E-state index in [9.17, 15) is 19.2 Å². The number of aromatic nitrogens is 2. The average Bonchev–Trinajstić information content (AvgIpc) is 3.80. The molecule has 4 fully saturated rings. The van der Waals surface area contributed by atoms with E-state index in [4.69, 9.17) is 9.72 Å². The van der Waals surface area contributed by atoms with Crippen LogP contribution in [0.1, 0.15) is 105 Å². The Labute approximate surface area is 347 Å². The maximum absolute atomic E-state index is 13.5. The molecular formula is C45H59N9O5. The van der Waals surface area contributed by atoms with Crippen LogP contribution in [0.15, 0.2) is 48.7 Å². The summed E-state index contributed by atoms with van der Waals surface area (Å²) in [6, 6.07) is 13.7. The van der Waals surface area contributed by atoms with E-state index in [0.717, 1.165) is 89.1 Å². The highest BCUT2D eigenvalue weighted by Gasteiger charge is 2.41. The second kappa shape index (κ2) is 18.0. The molecule has 0 spiro atoms. The first-order valence-electron chi connectivity index (χ1n) is 21.8. The fourth-order valence-corrected chi connectivity index (χ4v) is 10.1. The summed E-state index contributed by atoms with van der Waals surface area (Å²) in [5.74, 6) is 2.38. The topological polar surface area (TPSA) is 152 Å². The number of ether oxygens (including phenoxy) is 1. The van der Waals surface area contributed by atoms with Crippen molar-refractivity contribution in [1.82, 2.24) is 30.6 Å². The summed E-state index contributed by atoms with van der Waals surface area (Å²) in [6.07, 6.45) is 13.3. The Morgan fingerprint density at radius 1 is 0.915 bits per heavy atom. The van der Waals surface area contributed by atoms with Crippen molar-refractivity contribution in [1.29, 1.82) is 0 Å². The zero-order valence-corrected chi connectivity index (χ0v) is 34.8. The quantitative estimate of drug-likeness (QED) is 0.197. The second-order valence-electron chi connectivity index (χ2n) is 17.0. The van der Waals surface area contributed by atoms with Gasteiger partial charge in [0.1, 0.15) is 17.5 Å². The number of amides is 4. The van der Waals surface area contributed by atoms with Gasteiger partial charge in [0.25, 0.3) is 5.91 Å². The fraction of sp³-hybridized carbons (Fsp3) is 0.556. The van der Waals surface area contributed by atoms with Crippen molar-refractivity contribution in [2.45, 2.75) is 102 Å². The van der Waals surface area contributed by atoms with Gasteiger partial charge in [0.15, 0.2) is 5.82 Å². The molecule has 3 saturated heterocycles. The highest BCUT2D eigenvalue weighted by Crippen LogP contribution is 2.41. The van der Waals surface area contributed by atoms with Crippen LogP contribution in [0.5, 0.6) is 5.75 Å². The van der Waals surface area contributed by atoms with E-state index in [1.165, 1.54) is 18.4 Å². The van der Waals surface area contributed by atoms with Crippen LogP contribution in [-0.2, 0) is 20.8 Å². The van der Waals surface area contributed by atoms with Crippen LogP contribution in [0.2, 0.25) is 0 Å². The summed E-state index contributed by atoms with van der Waals surface area (Å²) in [6.45, 7) is 6.96. The summed E-state index contributed by atoms with van der Waals surface area (Å²) >= 11 is 0. The molecule has 1 aromatic heterocycles. The number of imide groups is 1. The van der Waals surface area contributed by atoms with Gasteiger partial charge >= 0.3 is 0 Å². The first kappa shape index (κ1) is 40.7. The Balaban J connectivity index is 0.798. The number of fused-ring (bicyclic) bond motifs is 1. The third-order valence-electron chi connectivity index (χ3n) is 13.6. The minimum absolute atomic E-state index is 0.0791. The van der Waals surface area contributed by atoms with E-state index < -0.39 is 0 Å². The van der Waals surface area contributed by atoms with Crippen molar-refractivity contribution in [2.24, 2.45) is 11.8 Å². The van der Waals surface area contributed by atoms with Crippen LogP contribution in [0.25, 0.3) is 0 Å². The van der Waals surface area contributed by atoms with Gasteiger partial charge in [0.05, 0.1) is 24.9 Å². The maximum Gasteiger partial charge on any atom is 0.265 e. The van der Waals surface area contributed by atoms with E-state index in [-0.39, 0.29) is 41.6 Å². The lowest BCUT2D eigenvalue weighted by Gasteiger charge is -2.43. The first-order chi connectivity index (χ1) is 28.7. The number of hydrazine groups is 1. The van der Waals surface area contributed by atoms with Crippen LogP contribution in [-0.4, -0.2) is 102 Å². The van der Waals surface area contributed by atoms with Crippen LogP contribution in [0.4, 0.5) is 23.1 Å². The third kappa shape index (κ3) is 8.94. The molecule has 1 unspecified atom stereocenters. The molecule has 1 aliphatic carbocycles. The number of likely N-dealkylation sites (N-methyl/N-ethyl adjacent to an activating group) is 1. The lowest BCUT2D eigenvalue weighted by atomic mass is 9.79. The number of carbonyl (C=O) groups is 4. The number of nitrogens with zero attached hydrogens (tertiary/aromatic N) is 6. The van der Waals surface area contributed by atoms with E-state index in [0.29, 0.717) is 59.7 Å². The van der Waals surface area contributed by atoms with Crippen molar-refractivity contribution in [3.05, 3.63) is 65.4 Å². The molecule has 3 N–H and O–H groups in total. The largest absolute Gasteiger partial charge is 0.495 e. The van der Waals surface area contributed by atoms with Gasteiger partial charge in [-0.05, 0) is 112 Å². The van der Waals surface area contributed by atoms with Gasteiger partial charge in [-0.2, -0.15) is 4.98 Å². The molecule has 0 bridgehead atoms. The molecule has 5 heterocycles. The zero-order chi connectivity index (χ0) is 41.0. The van der Waals surface area contributed by atoms with Gasteiger partial charge < -0.3 is 24.8 Å². The van der Waals surface area contributed by atoms with Crippen LogP contribution in [0.3, 0.4) is 0 Å². The molecule has 8 rings (SSSR count). The van der Waals surface area contributed by atoms with Crippen LogP contribution < -0.4 is 30.6 Å². The Hall–Kier alpha value is -5.08. The molecule has 1 saturated carbocycles. The Morgan fingerprint density at radius 3 is 2.31 bits per heavy atom. The number of carbonyl (C=O) groups excluding carboxylic acids is 4. The number of anilines is 4. The predicted molar refractivity (Wildman–Crippen MR) is 227 cm³/mol. The maximum atomic E-state index is 13.5.